The Morgan fingerprint density at radius 3 is 2.44 bits per heavy atom. The molecule has 1 fully saturated rings. The second-order valence-electron chi connectivity index (χ2n) is 9.52. The Morgan fingerprint density at radius 2 is 1.84 bits per heavy atom. The first-order chi connectivity index (χ1) is 15.0. The summed E-state index contributed by atoms with van der Waals surface area (Å²) in [7, 11) is -3.34. The lowest BCUT2D eigenvalue weighted by atomic mass is 9.86. The normalized spacial score (nSPS) is 19.1. The summed E-state index contributed by atoms with van der Waals surface area (Å²) in [6.45, 7) is 6.72. The first-order valence-electron chi connectivity index (χ1n) is 11.1. The molecule has 1 saturated carbocycles. The Hall–Kier alpha value is -2.49. The van der Waals surface area contributed by atoms with Crippen LogP contribution in [0.25, 0.3) is 11.3 Å². The van der Waals surface area contributed by atoms with Crippen LogP contribution in [-0.2, 0) is 21.2 Å². The number of hydrogen-bond donors (Lipinski definition) is 1. The highest BCUT2D eigenvalue weighted by molar-refractivity contribution is 7.90. The number of aromatic nitrogens is 1. The van der Waals surface area contributed by atoms with Crippen molar-refractivity contribution in [1.29, 1.82) is 0 Å². The van der Waals surface area contributed by atoms with Crippen LogP contribution < -0.4 is 4.72 Å². The number of hydrogen-bond acceptors (Lipinski definition) is 4. The summed E-state index contributed by atoms with van der Waals surface area (Å²) >= 11 is 0. The van der Waals surface area contributed by atoms with Crippen LogP contribution in [0.1, 0.15) is 64.5 Å². The van der Waals surface area contributed by atoms with Crippen LogP contribution in [0.4, 0.5) is 0 Å². The van der Waals surface area contributed by atoms with Crippen molar-refractivity contribution in [3.63, 3.8) is 0 Å². The molecular formula is C26H32N2O3S. The number of carbonyl (C=O) groups is 1. The minimum absolute atomic E-state index is 0.0296. The Labute approximate surface area is 192 Å². The van der Waals surface area contributed by atoms with Crippen LogP contribution in [0.5, 0.6) is 0 Å². The quantitative estimate of drug-likeness (QED) is 0.678. The van der Waals surface area contributed by atoms with Gasteiger partial charge in [-0.2, -0.15) is 0 Å². The van der Waals surface area contributed by atoms with E-state index in [0.717, 1.165) is 48.1 Å². The number of nitrogens with zero attached hydrogens (tertiary/aromatic N) is 1. The molecule has 1 aliphatic carbocycles. The molecule has 0 spiro atoms. The van der Waals surface area contributed by atoms with E-state index in [4.69, 9.17) is 0 Å². The number of sulfonamides is 1. The van der Waals surface area contributed by atoms with Crippen molar-refractivity contribution in [2.24, 2.45) is 5.92 Å². The summed E-state index contributed by atoms with van der Waals surface area (Å²) in [5.41, 5.74) is 3.63. The standard InChI is InChI=1S/C26H32N2O3S/c1-19(29)17-21-12-13-23(25-7-5-6-16-27-25)18-22(21)11-8-20-9-14-24(15-10-20)28-32(30,31)26(2,3)4/h5-7,12-13,16,18,20,24,28H,9-10,14-15,17H2,1-4H3. The lowest BCUT2D eigenvalue weighted by molar-refractivity contribution is -0.116. The predicted molar refractivity (Wildman–Crippen MR) is 128 cm³/mol. The van der Waals surface area contributed by atoms with Crippen molar-refractivity contribution in [3.8, 4) is 23.1 Å². The molecule has 1 heterocycles. The minimum atomic E-state index is -3.34. The van der Waals surface area contributed by atoms with Crippen LogP contribution in [0.3, 0.4) is 0 Å². The fourth-order valence-electron chi connectivity index (χ4n) is 3.74. The fourth-order valence-corrected chi connectivity index (χ4v) is 4.77. The number of Topliss-reactive ketones (excluding diaryl/α,β-unsaturated/α-hetero) is 1. The molecule has 0 atom stereocenters. The average Bonchev–Trinajstić information content (AvgIpc) is 2.73. The Morgan fingerprint density at radius 1 is 1.12 bits per heavy atom. The molecule has 1 aromatic heterocycles. The van der Waals surface area contributed by atoms with Gasteiger partial charge >= 0.3 is 0 Å². The highest BCUT2D eigenvalue weighted by Crippen LogP contribution is 2.27. The van der Waals surface area contributed by atoms with Gasteiger partial charge in [0, 0.05) is 35.7 Å². The number of benzene rings is 1. The van der Waals surface area contributed by atoms with Crippen LogP contribution >= 0.6 is 0 Å². The van der Waals surface area contributed by atoms with E-state index in [2.05, 4.69) is 21.5 Å². The van der Waals surface area contributed by atoms with Gasteiger partial charge in [-0.05, 0) is 77.1 Å². The molecule has 32 heavy (non-hydrogen) atoms. The maximum atomic E-state index is 12.4. The average molecular weight is 453 g/mol. The van der Waals surface area contributed by atoms with E-state index in [1.807, 2.05) is 36.4 Å². The molecule has 170 valence electrons. The molecule has 6 heteroatoms. The van der Waals surface area contributed by atoms with Gasteiger partial charge in [0.15, 0.2) is 0 Å². The third-order valence-corrected chi connectivity index (χ3v) is 8.03. The molecule has 0 amide bonds. The van der Waals surface area contributed by atoms with E-state index in [-0.39, 0.29) is 17.7 Å². The monoisotopic (exact) mass is 452 g/mol. The second kappa shape index (κ2) is 9.97. The van der Waals surface area contributed by atoms with Crippen LogP contribution in [-0.4, -0.2) is 30.0 Å². The first kappa shape index (κ1) is 24.2. The van der Waals surface area contributed by atoms with E-state index in [0.29, 0.717) is 6.42 Å². The van der Waals surface area contributed by atoms with E-state index in [1.165, 1.54) is 0 Å². The van der Waals surface area contributed by atoms with Crippen LogP contribution in [0, 0.1) is 17.8 Å². The van der Waals surface area contributed by atoms with E-state index < -0.39 is 14.8 Å². The van der Waals surface area contributed by atoms with Crippen molar-refractivity contribution >= 4 is 15.8 Å². The van der Waals surface area contributed by atoms with Crippen molar-refractivity contribution in [2.45, 2.75) is 70.6 Å². The molecule has 0 saturated heterocycles. The highest BCUT2D eigenvalue weighted by Gasteiger charge is 2.32. The minimum Gasteiger partial charge on any atom is -0.300 e. The van der Waals surface area contributed by atoms with Gasteiger partial charge < -0.3 is 0 Å². The largest absolute Gasteiger partial charge is 0.300 e. The number of rotatable bonds is 5. The SMILES string of the molecule is CC(=O)Cc1ccc(-c2ccccn2)cc1C#CC1CCC(NS(=O)(=O)C(C)(C)C)CC1. The number of carbonyl (C=O) groups excluding carboxylic acids is 1. The van der Waals surface area contributed by atoms with Gasteiger partial charge in [-0.15, -0.1) is 0 Å². The molecule has 1 N–H and O–H groups in total. The number of nitrogens with one attached hydrogen (secondary N) is 1. The lowest BCUT2D eigenvalue weighted by Gasteiger charge is -2.29. The zero-order valence-corrected chi connectivity index (χ0v) is 20.1. The van der Waals surface area contributed by atoms with Gasteiger partial charge in [0.05, 0.1) is 10.4 Å². The zero-order valence-electron chi connectivity index (χ0n) is 19.3. The van der Waals surface area contributed by atoms with Gasteiger partial charge in [0.2, 0.25) is 10.0 Å². The van der Waals surface area contributed by atoms with Crippen molar-refractivity contribution in [3.05, 3.63) is 53.7 Å². The van der Waals surface area contributed by atoms with Gasteiger partial charge in [-0.3, -0.25) is 9.78 Å². The van der Waals surface area contributed by atoms with Gasteiger partial charge in [0.1, 0.15) is 5.78 Å². The molecular weight excluding hydrogens is 420 g/mol. The smallest absolute Gasteiger partial charge is 0.216 e. The molecule has 0 bridgehead atoms. The van der Waals surface area contributed by atoms with Crippen molar-refractivity contribution in [2.75, 3.05) is 0 Å². The lowest BCUT2D eigenvalue weighted by Crippen LogP contribution is -2.45. The summed E-state index contributed by atoms with van der Waals surface area (Å²) in [4.78, 5) is 16.1. The van der Waals surface area contributed by atoms with E-state index in [1.54, 1.807) is 33.9 Å². The second-order valence-corrected chi connectivity index (χ2v) is 12.0. The fraction of sp³-hybridized carbons (Fsp3) is 0.462. The number of pyridine rings is 1. The van der Waals surface area contributed by atoms with E-state index >= 15 is 0 Å². The maximum Gasteiger partial charge on any atom is 0.216 e. The van der Waals surface area contributed by atoms with Crippen LogP contribution in [0.2, 0.25) is 0 Å². The Balaban J connectivity index is 1.74. The first-order valence-corrected chi connectivity index (χ1v) is 12.6. The molecule has 0 radical (unpaired) electrons. The van der Waals surface area contributed by atoms with Crippen molar-refractivity contribution in [1.82, 2.24) is 9.71 Å². The van der Waals surface area contributed by atoms with Gasteiger partial charge in [0.25, 0.3) is 0 Å². The maximum absolute atomic E-state index is 12.4. The summed E-state index contributed by atoms with van der Waals surface area (Å²) in [5, 5.41) is 0. The number of ketones is 1. The Kier molecular flexibility index (Phi) is 7.53. The van der Waals surface area contributed by atoms with Crippen molar-refractivity contribution < 1.29 is 13.2 Å². The van der Waals surface area contributed by atoms with Crippen LogP contribution in [0.15, 0.2) is 42.6 Å². The van der Waals surface area contributed by atoms with E-state index in [9.17, 15) is 13.2 Å². The summed E-state index contributed by atoms with van der Waals surface area (Å²) in [5.74, 6) is 7.02. The molecule has 5 nitrogen and oxygen atoms in total. The topological polar surface area (TPSA) is 76.1 Å². The predicted octanol–water partition coefficient (Wildman–Crippen LogP) is 4.51. The van der Waals surface area contributed by atoms with Gasteiger partial charge in [-0.25, -0.2) is 13.1 Å². The Bertz CT molecular complexity index is 1120. The molecule has 1 aromatic carbocycles. The molecule has 0 aliphatic heterocycles. The molecule has 1 aliphatic rings. The summed E-state index contributed by atoms with van der Waals surface area (Å²) < 4.78 is 26.9. The molecule has 3 rings (SSSR count). The summed E-state index contributed by atoms with van der Waals surface area (Å²) in [6.07, 6.45) is 5.38. The summed E-state index contributed by atoms with van der Waals surface area (Å²) in [6, 6.07) is 11.7. The third-order valence-electron chi connectivity index (χ3n) is 5.78. The van der Waals surface area contributed by atoms with Gasteiger partial charge in [-0.1, -0.05) is 30.0 Å². The highest BCUT2D eigenvalue weighted by atomic mass is 32.2. The third kappa shape index (κ3) is 6.27. The molecule has 2 aromatic rings. The zero-order chi connectivity index (χ0) is 23.4. The molecule has 0 unspecified atom stereocenters.